The lowest BCUT2D eigenvalue weighted by molar-refractivity contribution is -0.139. The molecular formula is C17H15ClO4. The molecule has 0 bridgehead atoms. The number of halogens is 1. The predicted molar refractivity (Wildman–Crippen MR) is 84.4 cm³/mol. The number of benzene rings is 1. The standard InChI is InChI=1S/C17H15ClO4/c1-3-21-17(20)14(11(2)19)10-12-8-9-16(22-12)13-6-4-5-7-15(13)18/h4-10H,3H2,1-2H3/b14-10-. The molecule has 1 aromatic heterocycles. The summed E-state index contributed by atoms with van der Waals surface area (Å²) in [5, 5.41) is 0.560. The Morgan fingerprint density at radius 1 is 1.23 bits per heavy atom. The second-order valence-electron chi connectivity index (χ2n) is 4.52. The van der Waals surface area contributed by atoms with Gasteiger partial charge < -0.3 is 9.15 Å². The average molecular weight is 319 g/mol. The molecule has 0 N–H and O–H groups in total. The summed E-state index contributed by atoms with van der Waals surface area (Å²) in [6.45, 7) is 3.19. The molecule has 2 rings (SSSR count). The van der Waals surface area contributed by atoms with Crippen LogP contribution < -0.4 is 0 Å². The Morgan fingerprint density at radius 3 is 2.59 bits per heavy atom. The van der Waals surface area contributed by atoms with Crippen LogP contribution in [0.5, 0.6) is 0 Å². The van der Waals surface area contributed by atoms with Crippen LogP contribution in [-0.2, 0) is 14.3 Å². The number of hydrogen-bond donors (Lipinski definition) is 0. The number of hydrogen-bond acceptors (Lipinski definition) is 4. The number of Topliss-reactive ketones (excluding diaryl/α,β-unsaturated/α-hetero) is 1. The first-order valence-electron chi connectivity index (χ1n) is 6.77. The van der Waals surface area contributed by atoms with E-state index in [0.29, 0.717) is 16.5 Å². The maximum atomic E-state index is 11.7. The zero-order chi connectivity index (χ0) is 16.1. The van der Waals surface area contributed by atoms with E-state index in [1.165, 1.54) is 13.0 Å². The summed E-state index contributed by atoms with van der Waals surface area (Å²) in [5.41, 5.74) is 0.686. The van der Waals surface area contributed by atoms with Crippen molar-refractivity contribution in [1.29, 1.82) is 0 Å². The van der Waals surface area contributed by atoms with Gasteiger partial charge in [0, 0.05) is 5.56 Å². The van der Waals surface area contributed by atoms with Gasteiger partial charge in [-0.15, -0.1) is 0 Å². The van der Waals surface area contributed by atoms with Crippen molar-refractivity contribution in [3.8, 4) is 11.3 Å². The Kier molecular flexibility index (Phi) is 5.17. The molecule has 1 aromatic carbocycles. The molecule has 0 fully saturated rings. The van der Waals surface area contributed by atoms with Gasteiger partial charge in [0.2, 0.25) is 0 Å². The largest absolute Gasteiger partial charge is 0.462 e. The van der Waals surface area contributed by atoms with Gasteiger partial charge in [-0.25, -0.2) is 4.79 Å². The van der Waals surface area contributed by atoms with Gasteiger partial charge in [-0.1, -0.05) is 23.7 Å². The zero-order valence-electron chi connectivity index (χ0n) is 12.3. The molecule has 2 aromatic rings. The van der Waals surface area contributed by atoms with Gasteiger partial charge >= 0.3 is 5.97 Å². The van der Waals surface area contributed by atoms with Crippen LogP contribution in [-0.4, -0.2) is 18.4 Å². The number of ether oxygens (including phenoxy) is 1. The highest BCUT2D eigenvalue weighted by atomic mass is 35.5. The van der Waals surface area contributed by atoms with E-state index >= 15 is 0 Å². The van der Waals surface area contributed by atoms with Gasteiger partial charge in [0.15, 0.2) is 5.78 Å². The van der Waals surface area contributed by atoms with E-state index in [4.69, 9.17) is 20.8 Å². The van der Waals surface area contributed by atoms with Crippen LogP contribution in [0, 0.1) is 0 Å². The van der Waals surface area contributed by atoms with Gasteiger partial charge in [-0.05, 0) is 44.2 Å². The van der Waals surface area contributed by atoms with Crippen LogP contribution in [0.4, 0.5) is 0 Å². The fraction of sp³-hybridized carbons (Fsp3) is 0.176. The summed E-state index contributed by atoms with van der Waals surface area (Å²) in [6.07, 6.45) is 1.38. The topological polar surface area (TPSA) is 56.5 Å². The van der Waals surface area contributed by atoms with Crippen molar-refractivity contribution in [2.45, 2.75) is 13.8 Å². The highest BCUT2D eigenvalue weighted by Crippen LogP contribution is 2.29. The predicted octanol–water partition coefficient (Wildman–Crippen LogP) is 4.14. The van der Waals surface area contributed by atoms with Crippen molar-refractivity contribution >= 4 is 29.4 Å². The molecule has 4 nitrogen and oxygen atoms in total. The molecule has 0 radical (unpaired) electrons. The minimum absolute atomic E-state index is 0.0538. The minimum atomic E-state index is -0.661. The third-order valence-electron chi connectivity index (χ3n) is 2.93. The molecule has 0 unspecified atom stereocenters. The number of carbonyl (C=O) groups excluding carboxylic acids is 2. The maximum Gasteiger partial charge on any atom is 0.341 e. The molecular weight excluding hydrogens is 304 g/mol. The van der Waals surface area contributed by atoms with Gasteiger partial charge in [-0.2, -0.15) is 0 Å². The molecule has 0 atom stereocenters. The van der Waals surface area contributed by atoms with Crippen LogP contribution in [0.3, 0.4) is 0 Å². The quantitative estimate of drug-likeness (QED) is 0.360. The monoisotopic (exact) mass is 318 g/mol. The zero-order valence-corrected chi connectivity index (χ0v) is 13.0. The van der Waals surface area contributed by atoms with Gasteiger partial charge in [0.25, 0.3) is 0 Å². The van der Waals surface area contributed by atoms with E-state index < -0.39 is 5.97 Å². The summed E-state index contributed by atoms with van der Waals surface area (Å²) < 4.78 is 10.5. The number of carbonyl (C=O) groups is 2. The van der Waals surface area contributed by atoms with Crippen LogP contribution in [0.25, 0.3) is 17.4 Å². The Labute approximate surface area is 133 Å². The first kappa shape index (κ1) is 16.0. The summed E-state index contributed by atoms with van der Waals surface area (Å²) in [6, 6.07) is 10.7. The van der Waals surface area contributed by atoms with Crippen molar-refractivity contribution < 1.29 is 18.7 Å². The van der Waals surface area contributed by atoms with E-state index in [1.54, 1.807) is 25.1 Å². The maximum absolute atomic E-state index is 11.7. The molecule has 0 aliphatic rings. The number of ketones is 1. The smallest absolute Gasteiger partial charge is 0.341 e. The molecule has 0 saturated carbocycles. The summed E-state index contributed by atoms with van der Waals surface area (Å²) in [4.78, 5) is 23.3. The van der Waals surface area contributed by atoms with E-state index in [1.807, 2.05) is 18.2 Å². The third-order valence-corrected chi connectivity index (χ3v) is 3.26. The van der Waals surface area contributed by atoms with Crippen LogP contribution in [0.15, 0.2) is 46.4 Å². The molecule has 0 aliphatic heterocycles. The number of rotatable bonds is 5. The van der Waals surface area contributed by atoms with Crippen LogP contribution in [0.2, 0.25) is 5.02 Å². The lowest BCUT2D eigenvalue weighted by atomic mass is 10.1. The van der Waals surface area contributed by atoms with Gasteiger partial charge in [0.1, 0.15) is 17.1 Å². The van der Waals surface area contributed by atoms with Crippen molar-refractivity contribution in [3.05, 3.63) is 52.8 Å². The molecule has 1 heterocycles. The van der Waals surface area contributed by atoms with Gasteiger partial charge in [-0.3, -0.25) is 4.79 Å². The third kappa shape index (κ3) is 3.65. The van der Waals surface area contributed by atoms with Crippen molar-refractivity contribution in [2.24, 2.45) is 0 Å². The van der Waals surface area contributed by atoms with E-state index in [0.717, 1.165) is 5.56 Å². The molecule has 0 spiro atoms. The minimum Gasteiger partial charge on any atom is -0.462 e. The van der Waals surface area contributed by atoms with E-state index in [2.05, 4.69) is 0 Å². The van der Waals surface area contributed by atoms with E-state index in [9.17, 15) is 9.59 Å². The van der Waals surface area contributed by atoms with E-state index in [-0.39, 0.29) is 18.0 Å². The molecule has 22 heavy (non-hydrogen) atoms. The molecule has 114 valence electrons. The first-order chi connectivity index (χ1) is 10.5. The summed E-state index contributed by atoms with van der Waals surface area (Å²) >= 11 is 6.11. The average Bonchev–Trinajstić information content (AvgIpc) is 2.93. The van der Waals surface area contributed by atoms with Crippen molar-refractivity contribution in [1.82, 2.24) is 0 Å². The molecule has 0 aliphatic carbocycles. The number of esters is 1. The second-order valence-corrected chi connectivity index (χ2v) is 4.92. The summed E-state index contributed by atoms with van der Waals surface area (Å²) in [5.74, 6) is -0.100. The fourth-order valence-corrected chi connectivity index (χ4v) is 2.12. The molecule has 0 saturated heterocycles. The fourth-order valence-electron chi connectivity index (χ4n) is 1.89. The van der Waals surface area contributed by atoms with Crippen LogP contribution >= 0.6 is 11.6 Å². The van der Waals surface area contributed by atoms with Crippen molar-refractivity contribution in [3.63, 3.8) is 0 Å². The highest BCUT2D eigenvalue weighted by Gasteiger charge is 2.17. The SMILES string of the molecule is CCOC(=O)/C(=C\c1ccc(-c2ccccc2Cl)o1)C(C)=O. The van der Waals surface area contributed by atoms with Crippen LogP contribution in [0.1, 0.15) is 19.6 Å². The number of furan rings is 1. The lowest BCUT2D eigenvalue weighted by Gasteiger charge is -2.02. The Balaban J connectivity index is 2.34. The second kappa shape index (κ2) is 7.09. The Bertz CT molecular complexity index is 728. The van der Waals surface area contributed by atoms with Crippen molar-refractivity contribution in [2.75, 3.05) is 6.61 Å². The Hall–Kier alpha value is -2.33. The normalized spacial score (nSPS) is 11.3. The molecule has 0 amide bonds. The lowest BCUT2D eigenvalue weighted by Crippen LogP contribution is -2.13. The first-order valence-corrected chi connectivity index (χ1v) is 7.15. The summed E-state index contributed by atoms with van der Waals surface area (Å²) in [7, 11) is 0. The molecule has 5 heteroatoms. The van der Waals surface area contributed by atoms with Gasteiger partial charge in [0.05, 0.1) is 11.6 Å². The highest BCUT2D eigenvalue weighted by molar-refractivity contribution is 6.33. The Morgan fingerprint density at radius 2 is 1.95 bits per heavy atom.